The Balaban J connectivity index is 1.46. The molecule has 1 heterocycles. The van der Waals surface area contributed by atoms with Gasteiger partial charge in [-0.1, -0.05) is 44.2 Å². The van der Waals surface area contributed by atoms with E-state index in [1.807, 2.05) is 17.5 Å². The van der Waals surface area contributed by atoms with Crippen LogP contribution in [0.1, 0.15) is 35.7 Å². The van der Waals surface area contributed by atoms with Gasteiger partial charge in [-0.3, -0.25) is 14.8 Å². The smallest absolute Gasteiger partial charge is 0.261 e. The molecule has 1 aromatic heterocycles. The van der Waals surface area contributed by atoms with E-state index in [0.29, 0.717) is 11.0 Å². The lowest BCUT2D eigenvalue weighted by molar-refractivity contribution is 0.102. The van der Waals surface area contributed by atoms with Crippen molar-refractivity contribution in [2.24, 2.45) is 0 Å². The summed E-state index contributed by atoms with van der Waals surface area (Å²) in [6, 6.07) is 18.7. The Morgan fingerprint density at radius 2 is 1.71 bits per heavy atom. The van der Waals surface area contributed by atoms with Crippen LogP contribution in [0.2, 0.25) is 0 Å². The van der Waals surface area contributed by atoms with Crippen molar-refractivity contribution in [1.82, 2.24) is 4.98 Å². The van der Waals surface area contributed by atoms with Crippen LogP contribution >= 0.6 is 11.3 Å². The normalized spacial score (nSPS) is 11.4. The van der Waals surface area contributed by atoms with Gasteiger partial charge in [0, 0.05) is 22.2 Å². The van der Waals surface area contributed by atoms with Crippen LogP contribution in [0, 0.1) is 5.82 Å². The highest BCUT2D eigenvalue weighted by Crippen LogP contribution is 2.27. The van der Waals surface area contributed by atoms with Crippen molar-refractivity contribution in [1.29, 1.82) is 0 Å². The molecule has 0 radical (unpaired) electrons. The summed E-state index contributed by atoms with van der Waals surface area (Å²) >= 11 is 1.31. The van der Waals surface area contributed by atoms with Crippen LogP contribution in [0.3, 0.4) is 0 Å². The molecular weight excluding hydrogens is 473 g/mol. The fraction of sp³-hybridized carbons (Fsp3) is 0.120. The first-order chi connectivity index (χ1) is 16.2. The van der Waals surface area contributed by atoms with Gasteiger partial charge in [0.2, 0.25) is 0 Å². The Kier molecular flexibility index (Phi) is 6.76. The number of nitrogens with zero attached hydrogens (tertiary/aromatic N) is 1. The van der Waals surface area contributed by atoms with Crippen LogP contribution in [0.4, 0.5) is 15.2 Å². The van der Waals surface area contributed by atoms with Crippen molar-refractivity contribution in [2.75, 3.05) is 10.0 Å². The van der Waals surface area contributed by atoms with Crippen molar-refractivity contribution in [2.45, 2.75) is 24.7 Å². The average molecular weight is 496 g/mol. The summed E-state index contributed by atoms with van der Waals surface area (Å²) in [7, 11) is -3.93. The number of carbonyl (C=O) groups is 1. The summed E-state index contributed by atoms with van der Waals surface area (Å²) < 4.78 is 40.6. The molecule has 2 N–H and O–H groups in total. The van der Waals surface area contributed by atoms with Gasteiger partial charge in [0.05, 0.1) is 10.6 Å². The van der Waals surface area contributed by atoms with Crippen molar-refractivity contribution < 1.29 is 17.6 Å². The topological polar surface area (TPSA) is 88.2 Å². The second-order valence-corrected chi connectivity index (χ2v) is 10.4. The standard InChI is InChI=1S/C25H22FN3O3S2/c1-16(2)17-6-8-18(9-7-17)23-15-33-25(27-23)28-24(30)19-4-3-5-21(14-19)29-34(31,32)22-12-10-20(26)11-13-22/h3-16,29H,1-2H3,(H,27,28,30). The Hall–Kier alpha value is -3.56. The van der Waals surface area contributed by atoms with Gasteiger partial charge in [0.15, 0.2) is 5.13 Å². The number of nitrogens with one attached hydrogen (secondary N) is 2. The van der Waals surface area contributed by atoms with Crippen molar-refractivity contribution in [3.8, 4) is 11.3 Å². The largest absolute Gasteiger partial charge is 0.298 e. The number of carbonyl (C=O) groups excluding carboxylic acids is 1. The summed E-state index contributed by atoms with van der Waals surface area (Å²) in [5, 5.41) is 5.06. The Morgan fingerprint density at radius 1 is 1.00 bits per heavy atom. The summed E-state index contributed by atoms with van der Waals surface area (Å²) in [6.45, 7) is 4.27. The Morgan fingerprint density at radius 3 is 2.38 bits per heavy atom. The predicted octanol–water partition coefficient (Wildman–Crippen LogP) is 6.13. The minimum atomic E-state index is -3.93. The predicted molar refractivity (Wildman–Crippen MR) is 133 cm³/mol. The number of anilines is 2. The number of thiazole rings is 1. The number of aromatic nitrogens is 1. The van der Waals surface area contributed by atoms with Crippen molar-refractivity contribution >= 4 is 38.1 Å². The molecule has 4 aromatic rings. The molecule has 0 saturated heterocycles. The molecule has 34 heavy (non-hydrogen) atoms. The van der Waals surface area contributed by atoms with E-state index in [9.17, 15) is 17.6 Å². The molecule has 0 bridgehead atoms. The number of rotatable bonds is 7. The molecule has 0 fully saturated rings. The molecule has 0 aliphatic heterocycles. The van der Waals surface area contributed by atoms with E-state index in [-0.39, 0.29) is 16.1 Å². The quantitative estimate of drug-likeness (QED) is 0.323. The van der Waals surface area contributed by atoms with Gasteiger partial charge >= 0.3 is 0 Å². The number of benzene rings is 3. The zero-order valence-electron chi connectivity index (χ0n) is 18.4. The number of sulfonamides is 1. The lowest BCUT2D eigenvalue weighted by Gasteiger charge is -2.09. The molecular formula is C25H22FN3O3S2. The van der Waals surface area contributed by atoms with Crippen LogP contribution in [0.15, 0.2) is 83.1 Å². The second kappa shape index (κ2) is 9.74. The van der Waals surface area contributed by atoms with Crippen LogP contribution < -0.4 is 10.0 Å². The van der Waals surface area contributed by atoms with Gasteiger partial charge in [-0.25, -0.2) is 17.8 Å². The zero-order valence-corrected chi connectivity index (χ0v) is 20.1. The molecule has 1 amide bonds. The minimum absolute atomic E-state index is 0.0829. The summed E-state index contributed by atoms with van der Waals surface area (Å²) in [5.74, 6) is -0.510. The highest BCUT2D eigenvalue weighted by Gasteiger charge is 2.16. The SMILES string of the molecule is CC(C)c1ccc(-c2csc(NC(=O)c3cccc(NS(=O)(=O)c4ccc(F)cc4)c3)n2)cc1. The Bertz CT molecular complexity index is 1410. The molecule has 4 rings (SSSR count). The Labute approximate surface area is 201 Å². The molecule has 174 valence electrons. The van der Waals surface area contributed by atoms with Crippen molar-refractivity contribution in [3.63, 3.8) is 0 Å². The monoisotopic (exact) mass is 495 g/mol. The van der Waals surface area contributed by atoms with Gasteiger partial charge in [-0.2, -0.15) is 0 Å². The fourth-order valence-electron chi connectivity index (χ4n) is 3.22. The molecule has 3 aromatic carbocycles. The molecule has 0 atom stereocenters. The van der Waals surface area contributed by atoms with Gasteiger partial charge in [0.25, 0.3) is 15.9 Å². The van der Waals surface area contributed by atoms with Crippen molar-refractivity contribution in [3.05, 3.63) is 95.1 Å². The number of hydrogen-bond donors (Lipinski definition) is 2. The lowest BCUT2D eigenvalue weighted by atomic mass is 10.0. The van der Waals surface area contributed by atoms with E-state index < -0.39 is 21.7 Å². The molecule has 0 unspecified atom stereocenters. The highest BCUT2D eigenvalue weighted by molar-refractivity contribution is 7.92. The van der Waals surface area contributed by atoms with E-state index in [2.05, 4.69) is 41.0 Å². The summed E-state index contributed by atoms with van der Waals surface area (Å²) in [4.78, 5) is 17.2. The summed E-state index contributed by atoms with van der Waals surface area (Å²) in [5.41, 5.74) is 3.43. The first-order valence-corrected chi connectivity index (χ1v) is 12.8. The van der Waals surface area contributed by atoms with Gasteiger partial charge in [0.1, 0.15) is 5.82 Å². The minimum Gasteiger partial charge on any atom is -0.298 e. The van der Waals surface area contributed by atoms with Gasteiger partial charge in [-0.15, -0.1) is 11.3 Å². The number of amides is 1. The van der Waals surface area contributed by atoms with Crippen LogP contribution in [0.5, 0.6) is 0 Å². The van der Waals surface area contributed by atoms with Crippen LogP contribution in [-0.4, -0.2) is 19.3 Å². The first-order valence-electron chi connectivity index (χ1n) is 10.5. The number of hydrogen-bond acceptors (Lipinski definition) is 5. The number of halogens is 1. The van der Waals surface area contributed by atoms with E-state index in [1.54, 1.807) is 12.1 Å². The molecule has 0 aliphatic rings. The fourth-order valence-corrected chi connectivity index (χ4v) is 4.99. The van der Waals surface area contributed by atoms with Gasteiger partial charge < -0.3 is 0 Å². The summed E-state index contributed by atoms with van der Waals surface area (Å²) in [6.07, 6.45) is 0. The maximum absolute atomic E-state index is 13.1. The third-order valence-electron chi connectivity index (χ3n) is 5.10. The third kappa shape index (κ3) is 5.49. The molecule has 0 aliphatic carbocycles. The van der Waals surface area contributed by atoms with E-state index in [1.165, 1.54) is 41.2 Å². The van der Waals surface area contributed by atoms with Crippen LogP contribution in [-0.2, 0) is 10.0 Å². The zero-order chi connectivity index (χ0) is 24.3. The molecule has 0 spiro atoms. The lowest BCUT2D eigenvalue weighted by Crippen LogP contribution is -2.15. The van der Waals surface area contributed by atoms with Crippen LogP contribution in [0.25, 0.3) is 11.3 Å². The maximum atomic E-state index is 13.1. The first kappa shape index (κ1) is 23.6. The molecule has 9 heteroatoms. The second-order valence-electron chi connectivity index (χ2n) is 7.91. The highest BCUT2D eigenvalue weighted by atomic mass is 32.2. The van der Waals surface area contributed by atoms with E-state index in [4.69, 9.17) is 0 Å². The van der Waals surface area contributed by atoms with E-state index >= 15 is 0 Å². The third-order valence-corrected chi connectivity index (χ3v) is 7.25. The molecule has 6 nitrogen and oxygen atoms in total. The van der Waals surface area contributed by atoms with E-state index in [0.717, 1.165) is 23.4 Å². The molecule has 0 saturated carbocycles. The average Bonchev–Trinajstić information content (AvgIpc) is 3.28. The van der Waals surface area contributed by atoms with Gasteiger partial charge in [-0.05, 0) is 53.9 Å². The maximum Gasteiger partial charge on any atom is 0.261 e.